The molecule has 0 aromatic heterocycles. The summed E-state index contributed by atoms with van der Waals surface area (Å²) in [6, 6.07) is 11.1. The number of methoxy groups -OCH3 is 1. The minimum atomic E-state index is 0.525. The van der Waals surface area contributed by atoms with Crippen LogP contribution in [0.4, 0.5) is 0 Å². The lowest BCUT2D eigenvalue weighted by Gasteiger charge is -2.29. The van der Waals surface area contributed by atoms with Gasteiger partial charge in [0.05, 0.1) is 0 Å². The van der Waals surface area contributed by atoms with Gasteiger partial charge < -0.3 is 10.5 Å². The Morgan fingerprint density at radius 3 is 2.61 bits per heavy atom. The van der Waals surface area contributed by atoms with Crippen molar-refractivity contribution in [3.8, 4) is 0 Å². The summed E-state index contributed by atoms with van der Waals surface area (Å²) in [6.07, 6.45) is 2.11. The summed E-state index contributed by atoms with van der Waals surface area (Å²) in [7, 11) is 1.76. The molecule has 102 valence electrons. The van der Waals surface area contributed by atoms with Crippen LogP contribution in [0.15, 0.2) is 30.3 Å². The normalized spacial score (nSPS) is 12.9. The van der Waals surface area contributed by atoms with Crippen molar-refractivity contribution in [2.75, 3.05) is 26.8 Å². The van der Waals surface area contributed by atoms with Crippen molar-refractivity contribution in [2.24, 2.45) is 5.73 Å². The molecule has 0 fully saturated rings. The molecule has 0 spiro atoms. The zero-order valence-electron chi connectivity index (χ0n) is 11.6. The molecule has 3 heteroatoms. The van der Waals surface area contributed by atoms with Crippen LogP contribution in [0, 0.1) is 0 Å². The van der Waals surface area contributed by atoms with Crippen LogP contribution >= 0.6 is 0 Å². The first-order valence-corrected chi connectivity index (χ1v) is 6.75. The predicted octanol–water partition coefficient (Wildman–Crippen LogP) is 2.26. The van der Waals surface area contributed by atoms with E-state index in [9.17, 15) is 0 Å². The van der Waals surface area contributed by atoms with Gasteiger partial charge in [-0.15, -0.1) is 0 Å². The fourth-order valence-electron chi connectivity index (χ4n) is 2.04. The van der Waals surface area contributed by atoms with Crippen molar-refractivity contribution < 1.29 is 4.74 Å². The standard InChI is InChI=1S/C15H26N2O/c1-14(9-12-18-2)17(11-6-10-16)13-15-7-4-3-5-8-15/h3-5,7-8,14H,6,9-13,16H2,1-2H3. The second-order valence-corrected chi connectivity index (χ2v) is 4.73. The highest BCUT2D eigenvalue weighted by atomic mass is 16.5. The lowest BCUT2D eigenvalue weighted by Crippen LogP contribution is -2.35. The first kappa shape index (κ1) is 15.2. The molecular formula is C15H26N2O. The molecule has 0 saturated carbocycles. The van der Waals surface area contributed by atoms with Crippen LogP contribution in [-0.2, 0) is 11.3 Å². The van der Waals surface area contributed by atoms with E-state index in [0.717, 1.165) is 39.1 Å². The Kier molecular flexibility index (Phi) is 7.65. The monoisotopic (exact) mass is 250 g/mol. The summed E-state index contributed by atoms with van der Waals surface area (Å²) in [6.45, 7) is 5.87. The Bertz CT molecular complexity index is 303. The molecule has 1 aromatic carbocycles. The zero-order chi connectivity index (χ0) is 13.2. The topological polar surface area (TPSA) is 38.5 Å². The molecule has 1 unspecified atom stereocenters. The molecule has 0 radical (unpaired) electrons. The lowest BCUT2D eigenvalue weighted by atomic mass is 10.1. The molecule has 1 atom stereocenters. The van der Waals surface area contributed by atoms with Crippen molar-refractivity contribution in [1.29, 1.82) is 0 Å². The largest absolute Gasteiger partial charge is 0.385 e. The van der Waals surface area contributed by atoms with Crippen molar-refractivity contribution in [1.82, 2.24) is 4.90 Å². The molecule has 18 heavy (non-hydrogen) atoms. The molecular weight excluding hydrogens is 224 g/mol. The maximum absolute atomic E-state index is 5.62. The summed E-state index contributed by atoms with van der Waals surface area (Å²) >= 11 is 0. The van der Waals surface area contributed by atoms with Gasteiger partial charge in [-0.1, -0.05) is 30.3 Å². The number of nitrogens with zero attached hydrogens (tertiary/aromatic N) is 1. The lowest BCUT2D eigenvalue weighted by molar-refractivity contribution is 0.133. The Hall–Kier alpha value is -0.900. The number of ether oxygens (including phenoxy) is 1. The average molecular weight is 250 g/mol. The summed E-state index contributed by atoms with van der Waals surface area (Å²) in [5, 5.41) is 0. The van der Waals surface area contributed by atoms with E-state index in [1.165, 1.54) is 5.56 Å². The van der Waals surface area contributed by atoms with Gasteiger partial charge in [-0.3, -0.25) is 4.90 Å². The second kappa shape index (κ2) is 9.09. The minimum absolute atomic E-state index is 0.525. The van der Waals surface area contributed by atoms with Crippen molar-refractivity contribution in [3.63, 3.8) is 0 Å². The van der Waals surface area contributed by atoms with E-state index in [0.29, 0.717) is 6.04 Å². The summed E-state index contributed by atoms with van der Waals surface area (Å²) < 4.78 is 5.17. The van der Waals surface area contributed by atoms with E-state index < -0.39 is 0 Å². The summed E-state index contributed by atoms with van der Waals surface area (Å²) in [5.74, 6) is 0. The number of rotatable bonds is 9. The quantitative estimate of drug-likeness (QED) is 0.730. The molecule has 0 saturated heterocycles. The fraction of sp³-hybridized carbons (Fsp3) is 0.600. The fourth-order valence-corrected chi connectivity index (χ4v) is 2.04. The van der Waals surface area contributed by atoms with Gasteiger partial charge in [0.15, 0.2) is 0 Å². The van der Waals surface area contributed by atoms with Gasteiger partial charge in [-0.25, -0.2) is 0 Å². The molecule has 2 N–H and O–H groups in total. The Balaban J connectivity index is 2.54. The maximum Gasteiger partial charge on any atom is 0.0477 e. The Morgan fingerprint density at radius 1 is 1.28 bits per heavy atom. The van der Waals surface area contributed by atoms with Crippen LogP contribution in [0.5, 0.6) is 0 Å². The number of benzene rings is 1. The van der Waals surface area contributed by atoms with E-state index >= 15 is 0 Å². The molecule has 1 aromatic rings. The highest BCUT2D eigenvalue weighted by molar-refractivity contribution is 5.14. The van der Waals surface area contributed by atoms with Crippen LogP contribution in [0.1, 0.15) is 25.3 Å². The van der Waals surface area contributed by atoms with Crippen molar-refractivity contribution >= 4 is 0 Å². The number of hydrogen-bond donors (Lipinski definition) is 1. The Labute approximate surface area is 111 Å². The third-order valence-corrected chi connectivity index (χ3v) is 3.24. The van der Waals surface area contributed by atoms with Gasteiger partial charge in [0.25, 0.3) is 0 Å². The van der Waals surface area contributed by atoms with Gasteiger partial charge in [-0.2, -0.15) is 0 Å². The van der Waals surface area contributed by atoms with Gasteiger partial charge in [0.1, 0.15) is 0 Å². The van der Waals surface area contributed by atoms with Crippen molar-refractivity contribution in [3.05, 3.63) is 35.9 Å². The highest BCUT2D eigenvalue weighted by Crippen LogP contribution is 2.11. The van der Waals surface area contributed by atoms with E-state index in [2.05, 4.69) is 42.2 Å². The molecule has 1 rings (SSSR count). The van der Waals surface area contributed by atoms with Crippen LogP contribution in [0.2, 0.25) is 0 Å². The van der Waals surface area contributed by atoms with E-state index in [4.69, 9.17) is 10.5 Å². The van der Waals surface area contributed by atoms with Gasteiger partial charge in [0.2, 0.25) is 0 Å². The van der Waals surface area contributed by atoms with Crippen LogP contribution < -0.4 is 5.73 Å². The average Bonchev–Trinajstić information content (AvgIpc) is 2.42. The third kappa shape index (κ3) is 5.63. The minimum Gasteiger partial charge on any atom is -0.385 e. The van der Waals surface area contributed by atoms with E-state index in [1.54, 1.807) is 7.11 Å². The smallest absolute Gasteiger partial charge is 0.0477 e. The van der Waals surface area contributed by atoms with Crippen molar-refractivity contribution in [2.45, 2.75) is 32.4 Å². The van der Waals surface area contributed by atoms with Crippen LogP contribution in [0.25, 0.3) is 0 Å². The van der Waals surface area contributed by atoms with Gasteiger partial charge in [-0.05, 0) is 38.4 Å². The SMILES string of the molecule is COCCC(C)N(CCCN)Cc1ccccc1. The second-order valence-electron chi connectivity index (χ2n) is 4.73. The molecule has 0 aliphatic carbocycles. The van der Waals surface area contributed by atoms with Crippen LogP contribution in [0.3, 0.4) is 0 Å². The van der Waals surface area contributed by atoms with Gasteiger partial charge in [0, 0.05) is 26.3 Å². The van der Waals surface area contributed by atoms with Crippen LogP contribution in [-0.4, -0.2) is 37.7 Å². The summed E-state index contributed by atoms with van der Waals surface area (Å²) in [5.41, 5.74) is 6.98. The number of hydrogen-bond acceptors (Lipinski definition) is 3. The summed E-state index contributed by atoms with van der Waals surface area (Å²) in [4.78, 5) is 2.49. The van der Waals surface area contributed by atoms with E-state index in [1.807, 2.05) is 0 Å². The Morgan fingerprint density at radius 2 is 2.00 bits per heavy atom. The van der Waals surface area contributed by atoms with E-state index in [-0.39, 0.29) is 0 Å². The third-order valence-electron chi connectivity index (χ3n) is 3.24. The first-order chi connectivity index (χ1) is 8.77. The molecule has 0 aliphatic heterocycles. The molecule has 0 bridgehead atoms. The molecule has 0 amide bonds. The first-order valence-electron chi connectivity index (χ1n) is 6.75. The highest BCUT2D eigenvalue weighted by Gasteiger charge is 2.13. The molecule has 3 nitrogen and oxygen atoms in total. The predicted molar refractivity (Wildman–Crippen MR) is 76.5 cm³/mol. The maximum atomic E-state index is 5.62. The molecule has 0 heterocycles. The van der Waals surface area contributed by atoms with Gasteiger partial charge >= 0.3 is 0 Å². The molecule has 0 aliphatic rings. The zero-order valence-corrected chi connectivity index (χ0v) is 11.6. The number of nitrogens with two attached hydrogens (primary N) is 1.